The van der Waals surface area contributed by atoms with Crippen LogP contribution in [-0.4, -0.2) is 23.9 Å². The highest BCUT2D eigenvalue weighted by Crippen LogP contribution is 2.24. The number of aldehydes is 1. The third-order valence-corrected chi connectivity index (χ3v) is 4.23. The molecule has 2 aromatic rings. The smallest absolute Gasteiger partial charge is 0.224 e. The van der Waals surface area contributed by atoms with Crippen molar-refractivity contribution >= 4 is 17.9 Å². The zero-order valence-corrected chi connectivity index (χ0v) is 14.0. The fraction of sp³-hybridized carbons (Fsp3) is 0.333. The predicted molar refractivity (Wildman–Crippen MR) is 90.2 cm³/mol. The van der Waals surface area contributed by atoms with Gasteiger partial charge in [-0.25, -0.2) is 0 Å². The summed E-state index contributed by atoms with van der Waals surface area (Å²) < 4.78 is 7.09. The number of nitrogens with one attached hydrogen (secondary N) is 1. The molecular formula is C18H22N2O3. The number of rotatable bonds is 6. The van der Waals surface area contributed by atoms with Crippen molar-refractivity contribution in [3.63, 3.8) is 0 Å². The standard InChI is InChI=1S/C18H22N2O3/c1-12-14(13(2)20(3)16(12)11-21)9-10-18(22)19-15-7-5-6-8-17(15)23-4/h5-8,11H,9-10H2,1-4H3,(H,19,22). The van der Waals surface area contributed by atoms with E-state index in [1.54, 1.807) is 19.2 Å². The summed E-state index contributed by atoms with van der Waals surface area (Å²) in [5, 5.41) is 2.87. The minimum atomic E-state index is -0.0789. The molecule has 0 atom stereocenters. The monoisotopic (exact) mass is 314 g/mol. The second-order valence-electron chi connectivity index (χ2n) is 5.50. The maximum absolute atomic E-state index is 12.2. The van der Waals surface area contributed by atoms with Crippen molar-refractivity contribution in [2.75, 3.05) is 12.4 Å². The van der Waals surface area contributed by atoms with Gasteiger partial charge in [-0.3, -0.25) is 9.59 Å². The summed E-state index contributed by atoms with van der Waals surface area (Å²) in [5.74, 6) is 0.556. The van der Waals surface area contributed by atoms with Gasteiger partial charge in [0.1, 0.15) is 5.75 Å². The van der Waals surface area contributed by atoms with E-state index in [2.05, 4.69) is 5.32 Å². The van der Waals surface area contributed by atoms with E-state index in [0.29, 0.717) is 30.0 Å². The van der Waals surface area contributed by atoms with Crippen LogP contribution in [-0.2, 0) is 18.3 Å². The normalized spacial score (nSPS) is 10.4. The van der Waals surface area contributed by atoms with Crippen LogP contribution in [0.5, 0.6) is 5.75 Å². The molecule has 0 fully saturated rings. The van der Waals surface area contributed by atoms with Gasteiger partial charge in [0.2, 0.25) is 5.91 Å². The van der Waals surface area contributed by atoms with Gasteiger partial charge >= 0.3 is 0 Å². The first kappa shape index (κ1) is 16.8. The van der Waals surface area contributed by atoms with Crippen molar-refractivity contribution in [1.82, 2.24) is 4.57 Å². The van der Waals surface area contributed by atoms with Gasteiger partial charge in [0.15, 0.2) is 6.29 Å². The molecule has 1 amide bonds. The number of hydrogen-bond acceptors (Lipinski definition) is 3. The Hall–Kier alpha value is -2.56. The Morgan fingerprint density at radius 3 is 2.61 bits per heavy atom. The molecule has 0 saturated carbocycles. The number of nitrogens with zero attached hydrogens (tertiary/aromatic N) is 1. The van der Waals surface area contributed by atoms with Crippen LogP contribution in [0.4, 0.5) is 5.69 Å². The second-order valence-corrected chi connectivity index (χ2v) is 5.50. The predicted octanol–water partition coefficient (Wildman–Crippen LogP) is 3.03. The fourth-order valence-corrected chi connectivity index (χ4v) is 2.80. The Kier molecular flexibility index (Phi) is 5.21. The molecule has 5 nitrogen and oxygen atoms in total. The number of para-hydroxylation sites is 2. The number of methoxy groups -OCH3 is 1. The van der Waals surface area contributed by atoms with E-state index in [1.165, 1.54) is 0 Å². The average molecular weight is 314 g/mol. The first-order valence-electron chi connectivity index (χ1n) is 7.52. The Bertz CT molecular complexity index is 732. The second kappa shape index (κ2) is 7.13. The van der Waals surface area contributed by atoms with Gasteiger partial charge in [-0.05, 0) is 43.5 Å². The lowest BCUT2D eigenvalue weighted by Gasteiger charge is -2.10. The van der Waals surface area contributed by atoms with E-state index >= 15 is 0 Å². The van der Waals surface area contributed by atoms with E-state index in [0.717, 1.165) is 23.1 Å². The molecule has 1 heterocycles. The van der Waals surface area contributed by atoms with Crippen molar-refractivity contribution in [2.24, 2.45) is 7.05 Å². The number of ether oxygens (including phenoxy) is 1. The highest BCUT2D eigenvalue weighted by Gasteiger charge is 2.16. The fourth-order valence-electron chi connectivity index (χ4n) is 2.80. The highest BCUT2D eigenvalue weighted by molar-refractivity contribution is 5.92. The minimum absolute atomic E-state index is 0.0789. The van der Waals surface area contributed by atoms with Crippen LogP contribution in [0.25, 0.3) is 0 Å². The Morgan fingerprint density at radius 2 is 2.00 bits per heavy atom. The van der Waals surface area contributed by atoms with Crippen molar-refractivity contribution in [3.05, 3.63) is 46.8 Å². The number of aromatic nitrogens is 1. The van der Waals surface area contributed by atoms with Gasteiger partial charge in [-0.1, -0.05) is 12.1 Å². The molecule has 0 aliphatic rings. The Balaban J connectivity index is 2.07. The summed E-state index contributed by atoms with van der Waals surface area (Å²) in [6, 6.07) is 7.31. The van der Waals surface area contributed by atoms with Crippen molar-refractivity contribution in [2.45, 2.75) is 26.7 Å². The zero-order valence-electron chi connectivity index (χ0n) is 14.0. The Labute approximate surface area is 136 Å². The maximum atomic E-state index is 12.2. The molecule has 1 aromatic heterocycles. The van der Waals surface area contributed by atoms with Crippen LogP contribution in [0.1, 0.15) is 33.7 Å². The van der Waals surface area contributed by atoms with Gasteiger partial charge in [-0.2, -0.15) is 0 Å². The van der Waals surface area contributed by atoms with Crippen LogP contribution in [0, 0.1) is 13.8 Å². The molecule has 0 unspecified atom stereocenters. The third kappa shape index (κ3) is 3.44. The molecule has 5 heteroatoms. The van der Waals surface area contributed by atoms with Gasteiger partial charge in [-0.15, -0.1) is 0 Å². The van der Waals surface area contributed by atoms with Crippen molar-refractivity contribution in [1.29, 1.82) is 0 Å². The molecule has 23 heavy (non-hydrogen) atoms. The number of hydrogen-bond donors (Lipinski definition) is 1. The molecule has 122 valence electrons. The van der Waals surface area contributed by atoms with E-state index in [4.69, 9.17) is 4.74 Å². The maximum Gasteiger partial charge on any atom is 0.224 e. The van der Waals surface area contributed by atoms with Crippen molar-refractivity contribution in [3.8, 4) is 5.75 Å². The average Bonchev–Trinajstić information content (AvgIpc) is 2.75. The van der Waals surface area contributed by atoms with Gasteiger partial charge in [0, 0.05) is 19.2 Å². The number of amides is 1. The first-order valence-corrected chi connectivity index (χ1v) is 7.52. The lowest BCUT2D eigenvalue weighted by Crippen LogP contribution is -2.13. The number of benzene rings is 1. The van der Waals surface area contributed by atoms with Crippen LogP contribution >= 0.6 is 0 Å². The molecule has 0 bridgehead atoms. The quantitative estimate of drug-likeness (QED) is 0.834. The van der Waals surface area contributed by atoms with E-state index in [-0.39, 0.29) is 5.91 Å². The van der Waals surface area contributed by atoms with Crippen LogP contribution in [0.2, 0.25) is 0 Å². The summed E-state index contributed by atoms with van der Waals surface area (Å²) in [5.41, 5.74) is 4.36. The number of carbonyl (C=O) groups excluding carboxylic acids is 2. The SMILES string of the molecule is COc1ccccc1NC(=O)CCc1c(C)c(C=O)n(C)c1C. The van der Waals surface area contributed by atoms with Crippen LogP contribution < -0.4 is 10.1 Å². The topological polar surface area (TPSA) is 60.3 Å². The Morgan fingerprint density at radius 1 is 1.30 bits per heavy atom. The summed E-state index contributed by atoms with van der Waals surface area (Å²) in [6.45, 7) is 3.89. The van der Waals surface area contributed by atoms with E-state index in [9.17, 15) is 9.59 Å². The number of anilines is 1. The highest BCUT2D eigenvalue weighted by atomic mass is 16.5. The molecule has 0 aliphatic heterocycles. The summed E-state index contributed by atoms with van der Waals surface area (Å²) >= 11 is 0. The summed E-state index contributed by atoms with van der Waals surface area (Å²) in [6.07, 6.45) is 1.81. The van der Waals surface area contributed by atoms with Crippen molar-refractivity contribution < 1.29 is 14.3 Å². The molecule has 0 spiro atoms. The van der Waals surface area contributed by atoms with E-state index in [1.807, 2.05) is 37.6 Å². The molecule has 1 aromatic carbocycles. The molecule has 2 rings (SSSR count). The number of carbonyl (C=O) groups is 2. The largest absolute Gasteiger partial charge is 0.495 e. The molecular weight excluding hydrogens is 292 g/mol. The summed E-state index contributed by atoms with van der Waals surface area (Å²) in [4.78, 5) is 23.3. The zero-order chi connectivity index (χ0) is 17.0. The van der Waals surface area contributed by atoms with E-state index < -0.39 is 0 Å². The summed E-state index contributed by atoms with van der Waals surface area (Å²) in [7, 11) is 3.44. The van der Waals surface area contributed by atoms with Gasteiger partial charge < -0.3 is 14.6 Å². The molecule has 1 N–H and O–H groups in total. The third-order valence-electron chi connectivity index (χ3n) is 4.23. The van der Waals surface area contributed by atoms with Crippen LogP contribution in [0.3, 0.4) is 0 Å². The molecule has 0 radical (unpaired) electrons. The van der Waals surface area contributed by atoms with Gasteiger partial charge in [0.25, 0.3) is 0 Å². The lowest BCUT2D eigenvalue weighted by atomic mass is 10.0. The lowest BCUT2D eigenvalue weighted by molar-refractivity contribution is -0.116. The minimum Gasteiger partial charge on any atom is -0.495 e. The van der Waals surface area contributed by atoms with Gasteiger partial charge in [0.05, 0.1) is 18.5 Å². The molecule has 0 saturated heterocycles. The molecule has 0 aliphatic carbocycles. The van der Waals surface area contributed by atoms with Crippen LogP contribution in [0.15, 0.2) is 24.3 Å². The first-order chi connectivity index (χ1) is 11.0.